The van der Waals surface area contributed by atoms with Gasteiger partial charge in [-0.15, -0.1) is 0 Å². The van der Waals surface area contributed by atoms with E-state index >= 15 is 0 Å². The molecule has 0 aliphatic carbocycles. The van der Waals surface area contributed by atoms with E-state index in [1.165, 1.54) is 0 Å². The van der Waals surface area contributed by atoms with Crippen LogP contribution in [0.4, 0.5) is 13.2 Å². The number of halogens is 3. The number of alkyl halides is 3. The molecule has 5 nitrogen and oxygen atoms in total. The lowest BCUT2D eigenvalue weighted by atomic mass is 9.71. The Bertz CT molecular complexity index is 998. The number of benzene rings is 2. The maximum Gasteiger partial charge on any atom is 0.416 e. The first-order chi connectivity index (χ1) is 14.1. The Kier molecular flexibility index (Phi) is 5.02. The van der Waals surface area contributed by atoms with Gasteiger partial charge in [0.15, 0.2) is 5.75 Å². The summed E-state index contributed by atoms with van der Waals surface area (Å²) in [7, 11) is 0. The molecule has 0 bridgehead atoms. The molecule has 30 heavy (non-hydrogen) atoms. The zero-order chi connectivity index (χ0) is 21.7. The molecule has 8 heteroatoms. The average molecular weight is 420 g/mol. The molecule has 3 N–H and O–H groups in total. The highest BCUT2D eigenvalue weighted by atomic mass is 19.4. The maximum absolute atomic E-state index is 13.5. The lowest BCUT2D eigenvalue weighted by Crippen LogP contribution is -2.61. The molecule has 2 aromatic carbocycles. The SMILES string of the molecule is CC(C)c1cc(-c2cc(C(F)(F)F)cc3c2CCNO3)ccc1C1(C(=O)O)CNC1. The highest BCUT2D eigenvalue weighted by Crippen LogP contribution is 2.42. The Labute approximate surface area is 172 Å². The van der Waals surface area contributed by atoms with Crippen molar-refractivity contribution in [2.45, 2.75) is 37.8 Å². The van der Waals surface area contributed by atoms with Crippen molar-refractivity contribution in [3.05, 3.63) is 52.6 Å². The number of rotatable bonds is 4. The van der Waals surface area contributed by atoms with Crippen LogP contribution in [0.5, 0.6) is 5.75 Å². The largest absolute Gasteiger partial charge is 0.481 e. The van der Waals surface area contributed by atoms with E-state index in [1.807, 2.05) is 19.9 Å². The lowest BCUT2D eigenvalue weighted by Gasteiger charge is -2.41. The summed E-state index contributed by atoms with van der Waals surface area (Å²) < 4.78 is 40.4. The third-order valence-corrected chi connectivity index (χ3v) is 5.96. The van der Waals surface area contributed by atoms with Gasteiger partial charge < -0.3 is 15.3 Å². The van der Waals surface area contributed by atoms with E-state index in [1.54, 1.807) is 12.1 Å². The molecule has 0 aromatic heterocycles. The summed E-state index contributed by atoms with van der Waals surface area (Å²) in [5, 5.41) is 12.9. The maximum atomic E-state index is 13.5. The molecule has 1 fully saturated rings. The van der Waals surface area contributed by atoms with E-state index in [4.69, 9.17) is 4.84 Å². The van der Waals surface area contributed by atoms with Gasteiger partial charge >= 0.3 is 12.1 Å². The van der Waals surface area contributed by atoms with Gasteiger partial charge in [0.05, 0.1) is 5.56 Å². The predicted octanol–water partition coefficient (Wildman–Crippen LogP) is 3.86. The van der Waals surface area contributed by atoms with Crippen LogP contribution in [0.25, 0.3) is 11.1 Å². The second-order valence-corrected chi connectivity index (χ2v) is 8.19. The van der Waals surface area contributed by atoms with Crippen molar-refractivity contribution in [1.82, 2.24) is 10.8 Å². The number of nitrogens with one attached hydrogen (secondary N) is 2. The van der Waals surface area contributed by atoms with Crippen LogP contribution < -0.4 is 15.6 Å². The number of carboxylic acids is 1. The number of hydrogen-bond acceptors (Lipinski definition) is 4. The van der Waals surface area contributed by atoms with Crippen molar-refractivity contribution in [2.24, 2.45) is 0 Å². The Hall–Kier alpha value is -2.58. The van der Waals surface area contributed by atoms with Gasteiger partial charge in [0, 0.05) is 25.2 Å². The van der Waals surface area contributed by atoms with E-state index in [9.17, 15) is 23.1 Å². The highest BCUT2D eigenvalue weighted by Gasteiger charge is 2.47. The summed E-state index contributed by atoms with van der Waals surface area (Å²) in [5.41, 5.74) is 4.21. The summed E-state index contributed by atoms with van der Waals surface area (Å²) in [5.74, 6) is -0.713. The summed E-state index contributed by atoms with van der Waals surface area (Å²) in [6.45, 7) is 5.08. The number of fused-ring (bicyclic) bond motifs is 1. The summed E-state index contributed by atoms with van der Waals surface area (Å²) in [6, 6.07) is 7.49. The second-order valence-electron chi connectivity index (χ2n) is 8.19. The van der Waals surface area contributed by atoms with Gasteiger partial charge in [-0.25, -0.2) is 0 Å². The molecule has 2 aromatic rings. The van der Waals surface area contributed by atoms with Gasteiger partial charge in [-0.3, -0.25) is 4.79 Å². The fourth-order valence-electron chi connectivity index (χ4n) is 4.20. The van der Waals surface area contributed by atoms with E-state index in [0.29, 0.717) is 48.3 Å². The summed E-state index contributed by atoms with van der Waals surface area (Å²) in [4.78, 5) is 17.3. The summed E-state index contributed by atoms with van der Waals surface area (Å²) >= 11 is 0. The third-order valence-electron chi connectivity index (χ3n) is 5.96. The molecule has 2 heterocycles. The Balaban J connectivity index is 1.89. The summed E-state index contributed by atoms with van der Waals surface area (Å²) in [6.07, 6.45) is -3.97. The molecule has 0 spiro atoms. The van der Waals surface area contributed by atoms with Crippen LogP contribution in [0.2, 0.25) is 0 Å². The standard InChI is InChI=1S/C22H23F3N2O3/c1-12(2)16-7-13(3-4-18(16)21(20(28)29)10-26-11-21)17-8-14(22(23,24)25)9-19-15(17)5-6-27-30-19/h3-4,7-9,12,26-27H,5-6,10-11H2,1-2H3,(H,28,29). The van der Waals surface area contributed by atoms with E-state index < -0.39 is 23.1 Å². The van der Waals surface area contributed by atoms with Gasteiger partial charge in [0.25, 0.3) is 0 Å². The molecule has 160 valence electrons. The zero-order valence-corrected chi connectivity index (χ0v) is 16.7. The zero-order valence-electron chi connectivity index (χ0n) is 16.7. The van der Waals surface area contributed by atoms with E-state index in [0.717, 1.165) is 17.7 Å². The van der Waals surface area contributed by atoms with Crippen LogP contribution in [0.15, 0.2) is 30.3 Å². The molecule has 0 amide bonds. The van der Waals surface area contributed by atoms with Crippen molar-refractivity contribution in [3.8, 4) is 16.9 Å². The molecule has 0 atom stereocenters. The van der Waals surface area contributed by atoms with Crippen LogP contribution in [0.3, 0.4) is 0 Å². The van der Waals surface area contributed by atoms with Crippen molar-refractivity contribution in [3.63, 3.8) is 0 Å². The minimum atomic E-state index is -4.50. The molecule has 0 radical (unpaired) electrons. The van der Waals surface area contributed by atoms with Gasteiger partial charge in [0.1, 0.15) is 5.41 Å². The Morgan fingerprint density at radius 3 is 2.50 bits per heavy atom. The molecule has 0 unspecified atom stereocenters. The molecule has 0 saturated carbocycles. The molecule has 4 rings (SSSR count). The minimum absolute atomic E-state index is 0.0105. The number of hydrogen-bond donors (Lipinski definition) is 3. The van der Waals surface area contributed by atoms with Gasteiger partial charge in [-0.05, 0) is 46.7 Å². The number of carbonyl (C=O) groups is 1. The van der Waals surface area contributed by atoms with Crippen molar-refractivity contribution >= 4 is 5.97 Å². The van der Waals surface area contributed by atoms with Crippen molar-refractivity contribution < 1.29 is 27.9 Å². The first-order valence-corrected chi connectivity index (χ1v) is 9.86. The molecular formula is C22H23F3N2O3. The quantitative estimate of drug-likeness (QED) is 0.701. The topological polar surface area (TPSA) is 70.6 Å². The Morgan fingerprint density at radius 2 is 1.93 bits per heavy atom. The smallest absolute Gasteiger partial charge is 0.416 e. The minimum Gasteiger partial charge on any atom is -0.481 e. The first-order valence-electron chi connectivity index (χ1n) is 9.86. The molecular weight excluding hydrogens is 397 g/mol. The number of aliphatic carboxylic acids is 1. The normalized spacial score (nSPS) is 17.8. The van der Waals surface area contributed by atoms with Gasteiger partial charge in [-0.1, -0.05) is 32.0 Å². The van der Waals surface area contributed by atoms with E-state index in [2.05, 4.69) is 10.8 Å². The van der Waals surface area contributed by atoms with E-state index in [-0.39, 0.29) is 11.7 Å². The van der Waals surface area contributed by atoms with Crippen molar-refractivity contribution in [2.75, 3.05) is 19.6 Å². The number of hydroxylamine groups is 1. The third kappa shape index (κ3) is 3.33. The molecule has 2 aliphatic rings. The first kappa shape index (κ1) is 20.7. The van der Waals surface area contributed by atoms with Crippen LogP contribution in [-0.4, -0.2) is 30.7 Å². The lowest BCUT2D eigenvalue weighted by molar-refractivity contribution is -0.146. The average Bonchev–Trinajstić information content (AvgIpc) is 2.65. The number of carboxylic acid groups (broad SMARTS) is 1. The van der Waals surface area contributed by atoms with Crippen LogP contribution in [0.1, 0.15) is 42.0 Å². The van der Waals surface area contributed by atoms with Gasteiger partial charge in [0.2, 0.25) is 0 Å². The second kappa shape index (κ2) is 7.28. The van der Waals surface area contributed by atoms with Crippen LogP contribution in [-0.2, 0) is 22.8 Å². The fourth-order valence-corrected chi connectivity index (χ4v) is 4.20. The highest BCUT2D eigenvalue weighted by molar-refractivity contribution is 5.85. The van der Waals surface area contributed by atoms with Gasteiger partial charge in [-0.2, -0.15) is 18.7 Å². The monoisotopic (exact) mass is 420 g/mol. The van der Waals surface area contributed by atoms with Crippen LogP contribution in [0, 0.1) is 0 Å². The molecule has 1 saturated heterocycles. The fraction of sp³-hybridized carbons (Fsp3) is 0.409. The van der Waals surface area contributed by atoms with Crippen molar-refractivity contribution in [1.29, 1.82) is 0 Å². The predicted molar refractivity (Wildman–Crippen MR) is 105 cm³/mol. The van der Waals surface area contributed by atoms with Crippen LogP contribution >= 0.6 is 0 Å². The molecule has 2 aliphatic heterocycles. The Morgan fingerprint density at radius 1 is 1.20 bits per heavy atom.